The van der Waals surface area contributed by atoms with Crippen molar-refractivity contribution in [3.8, 4) is 0 Å². The molecule has 2 rings (SSSR count). The van der Waals surface area contributed by atoms with Crippen molar-refractivity contribution in [2.45, 2.75) is 18.0 Å². The maximum atomic E-state index is 6.25. The van der Waals surface area contributed by atoms with Gasteiger partial charge < -0.3 is 11.1 Å². The Balaban J connectivity index is 2.01. The van der Waals surface area contributed by atoms with Crippen molar-refractivity contribution in [3.63, 3.8) is 0 Å². The molecule has 2 atom stereocenters. The first-order valence-electron chi connectivity index (χ1n) is 4.60. The molecule has 3 N–H and O–H groups in total. The van der Waals surface area contributed by atoms with Gasteiger partial charge in [-0.15, -0.1) is 6.58 Å². The van der Waals surface area contributed by atoms with Crippen LogP contribution < -0.4 is 11.1 Å². The van der Waals surface area contributed by atoms with Crippen LogP contribution in [0.15, 0.2) is 12.7 Å². The molecule has 0 saturated carbocycles. The first-order valence-corrected chi connectivity index (χ1v) is 4.60. The third-order valence-electron chi connectivity index (χ3n) is 3.02. The zero-order valence-corrected chi connectivity index (χ0v) is 7.42. The van der Waals surface area contributed by atoms with Gasteiger partial charge in [0.2, 0.25) is 0 Å². The maximum Gasteiger partial charge on any atom is 0.0463 e. The van der Waals surface area contributed by atoms with Crippen molar-refractivity contribution in [2.75, 3.05) is 26.2 Å². The third-order valence-corrected chi connectivity index (χ3v) is 3.02. The summed E-state index contributed by atoms with van der Waals surface area (Å²) in [7, 11) is 0. The van der Waals surface area contributed by atoms with E-state index in [0.717, 1.165) is 32.6 Å². The Morgan fingerprint density at radius 3 is 3.25 bits per heavy atom. The second kappa shape index (κ2) is 2.83. The highest BCUT2D eigenvalue weighted by Crippen LogP contribution is 2.26. The van der Waals surface area contributed by atoms with E-state index in [2.05, 4.69) is 16.8 Å². The summed E-state index contributed by atoms with van der Waals surface area (Å²) >= 11 is 0. The molecular weight excluding hydrogens is 150 g/mol. The molecule has 0 aromatic rings. The van der Waals surface area contributed by atoms with Gasteiger partial charge in [-0.2, -0.15) is 0 Å². The summed E-state index contributed by atoms with van der Waals surface area (Å²) in [5, 5.41) is 3.45. The van der Waals surface area contributed by atoms with Crippen LogP contribution in [0.2, 0.25) is 0 Å². The summed E-state index contributed by atoms with van der Waals surface area (Å²) in [6.07, 6.45) is 3.07. The lowest BCUT2D eigenvalue weighted by molar-refractivity contribution is 0.334. The molecule has 3 nitrogen and oxygen atoms in total. The summed E-state index contributed by atoms with van der Waals surface area (Å²) < 4.78 is 0. The average Bonchev–Trinajstić information content (AvgIpc) is 2.43. The molecule has 0 aromatic heterocycles. The minimum atomic E-state index is 0.0447. The molecule has 2 saturated heterocycles. The Morgan fingerprint density at radius 1 is 1.75 bits per heavy atom. The lowest BCUT2D eigenvalue weighted by Crippen LogP contribution is -2.49. The molecule has 0 amide bonds. The zero-order chi connectivity index (χ0) is 8.60. The van der Waals surface area contributed by atoms with Crippen LogP contribution >= 0.6 is 0 Å². The van der Waals surface area contributed by atoms with Gasteiger partial charge in [0, 0.05) is 31.2 Å². The van der Waals surface area contributed by atoms with E-state index in [1.807, 2.05) is 6.08 Å². The zero-order valence-electron chi connectivity index (χ0n) is 7.42. The van der Waals surface area contributed by atoms with Crippen molar-refractivity contribution >= 4 is 0 Å². The summed E-state index contributed by atoms with van der Waals surface area (Å²) in [6, 6.07) is 0.512. The van der Waals surface area contributed by atoms with E-state index in [1.54, 1.807) is 0 Å². The third kappa shape index (κ3) is 1.18. The molecule has 0 radical (unpaired) electrons. The lowest BCUT2D eigenvalue weighted by atomic mass is 9.96. The first-order chi connectivity index (χ1) is 5.74. The Hall–Kier alpha value is -0.380. The van der Waals surface area contributed by atoms with E-state index in [-0.39, 0.29) is 5.54 Å². The molecular formula is C9H17N3. The van der Waals surface area contributed by atoms with Crippen molar-refractivity contribution in [1.29, 1.82) is 0 Å². The number of nitrogens with zero attached hydrogens (tertiary/aromatic N) is 1. The molecule has 0 aromatic carbocycles. The molecule has 0 bridgehead atoms. The highest BCUT2D eigenvalue weighted by molar-refractivity contribution is 5.10. The number of hydrogen-bond acceptors (Lipinski definition) is 3. The standard InChI is InChI=1S/C9H17N3/c1-2-5-12-6-8-9(10,7-12)3-4-11-8/h2,8,11H,1,3-7,10H2/t8-,9-/m1/s1. The van der Waals surface area contributed by atoms with Crippen LogP contribution in [0.25, 0.3) is 0 Å². The minimum absolute atomic E-state index is 0.0447. The summed E-state index contributed by atoms with van der Waals surface area (Å²) in [4.78, 5) is 2.36. The van der Waals surface area contributed by atoms with E-state index in [9.17, 15) is 0 Å². The van der Waals surface area contributed by atoms with Gasteiger partial charge in [-0.1, -0.05) is 6.08 Å². The van der Waals surface area contributed by atoms with Crippen molar-refractivity contribution in [2.24, 2.45) is 5.73 Å². The number of rotatable bonds is 2. The van der Waals surface area contributed by atoms with Crippen LogP contribution in [0.4, 0.5) is 0 Å². The fraction of sp³-hybridized carbons (Fsp3) is 0.778. The number of nitrogens with two attached hydrogens (primary N) is 1. The van der Waals surface area contributed by atoms with E-state index < -0.39 is 0 Å². The Labute approximate surface area is 73.6 Å². The van der Waals surface area contributed by atoms with Crippen LogP contribution in [0.5, 0.6) is 0 Å². The van der Waals surface area contributed by atoms with Crippen molar-refractivity contribution in [1.82, 2.24) is 10.2 Å². The van der Waals surface area contributed by atoms with E-state index >= 15 is 0 Å². The summed E-state index contributed by atoms with van der Waals surface area (Å²) in [5.41, 5.74) is 6.29. The summed E-state index contributed by atoms with van der Waals surface area (Å²) in [5.74, 6) is 0. The minimum Gasteiger partial charge on any atom is -0.323 e. The number of likely N-dealkylation sites (tertiary alicyclic amines) is 1. The number of nitrogens with one attached hydrogen (secondary N) is 1. The van der Waals surface area contributed by atoms with Crippen LogP contribution in [0.3, 0.4) is 0 Å². The molecule has 0 aliphatic carbocycles. The van der Waals surface area contributed by atoms with Crippen LogP contribution in [0, 0.1) is 0 Å². The van der Waals surface area contributed by atoms with Crippen LogP contribution in [0.1, 0.15) is 6.42 Å². The van der Waals surface area contributed by atoms with Gasteiger partial charge in [0.1, 0.15) is 0 Å². The Kier molecular flexibility index (Phi) is 1.94. The van der Waals surface area contributed by atoms with Crippen LogP contribution in [-0.2, 0) is 0 Å². The van der Waals surface area contributed by atoms with Gasteiger partial charge in [-0.25, -0.2) is 0 Å². The number of hydrogen-bond donors (Lipinski definition) is 2. The molecule has 68 valence electrons. The topological polar surface area (TPSA) is 41.3 Å². The normalized spacial score (nSPS) is 41.6. The van der Waals surface area contributed by atoms with Gasteiger partial charge >= 0.3 is 0 Å². The second-order valence-electron chi connectivity index (χ2n) is 3.97. The van der Waals surface area contributed by atoms with Crippen LogP contribution in [-0.4, -0.2) is 42.7 Å². The highest BCUT2D eigenvalue weighted by atomic mass is 15.3. The lowest BCUT2D eigenvalue weighted by Gasteiger charge is -2.21. The molecule has 0 unspecified atom stereocenters. The van der Waals surface area contributed by atoms with E-state index in [4.69, 9.17) is 5.73 Å². The Bertz CT molecular complexity index is 192. The smallest absolute Gasteiger partial charge is 0.0463 e. The molecule has 2 fully saturated rings. The molecule has 0 spiro atoms. The Morgan fingerprint density at radius 2 is 2.58 bits per heavy atom. The average molecular weight is 167 g/mol. The highest BCUT2D eigenvalue weighted by Gasteiger charge is 2.45. The largest absolute Gasteiger partial charge is 0.323 e. The SMILES string of the molecule is C=CCN1C[C@H]2NCC[C@@]2(N)C1. The molecule has 2 heterocycles. The fourth-order valence-electron chi connectivity index (χ4n) is 2.35. The monoisotopic (exact) mass is 167 g/mol. The molecule has 3 heteroatoms. The van der Waals surface area contributed by atoms with Gasteiger partial charge in [-0.3, -0.25) is 4.90 Å². The maximum absolute atomic E-state index is 6.25. The van der Waals surface area contributed by atoms with E-state index in [1.165, 1.54) is 0 Å². The fourth-order valence-corrected chi connectivity index (χ4v) is 2.35. The molecule has 2 aliphatic heterocycles. The van der Waals surface area contributed by atoms with Gasteiger partial charge in [0.05, 0.1) is 0 Å². The van der Waals surface area contributed by atoms with E-state index in [0.29, 0.717) is 6.04 Å². The second-order valence-corrected chi connectivity index (χ2v) is 3.97. The van der Waals surface area contributed by atoms with Gasteiger partial charge in [0.15, 0.2) is 0 Å². The predicted molar refractivity (Wildman–Crippen MR) is 50.0 cm³/mol. The predicted octanol–water partition coefficient (Wildman–Crippen LogP) is -0.453. The van der Waals surface area contributed by atoms with Crippen molar-refractivity contribution < 1.29 is 0 Å². The molecule has 2 aliphatic rings. The quantitative estimate of drug-likeness (QED) is 0.547. The number of fused-ring (bicyclic) bond motifs is 1. The van der Waals surface area contributed by atoms with Gasteiger partial charge in [-0.05, 0) is 13.0 Å². The van der Waals surface area contributed by atoms with Gasteiger partial charge in [0.25, 0.3) is 0 Å². The van der Waals surface area contributed by atoms with Crippen molar-refractivity contribution in [3.05, 3.63) is 12.7 Å². The molecule has 12 heavy (non-hydrogen) atoms. The summed E-state index contributed by atoms with van der Waals surface area (Å²) in [6.45, 7) is 7.90. The first kappa shape index (κ1) is 8.23.